The maximum Gasteiger partial charge on any atom is 0.319 e. The minimum atomic E-state index is -0.537. The molecule has 0 radical (unpaired) electrons. The van der Waals surface area contributed by atoms with Gasteiger partial charge in [0.05, 0.1) is 6.04 Å². The third-order valence-electron chi connectivity index (χ3n) is 4.66. The first-order valence-corrected chi connectivity index (χ1v) is 9.01. The molecule has 1 heterocycles. The number of piperidine rings is 1. The summed E-state index contributed by atoms with van der Waals surface area (Å²) in [5, 5.41) is 5.40. The maximum atomic E-state index is 13.1. The molecule has 0 saturated carbocycles. The van der Waals surface area contributed by atoms with Crippen molar-refractivity contribution in [1.82, 2.24) is 10.2 Å². The van der Waals surface area contributed by atoms with Gasteiger partial charge in [0.1, 0.15) is 5.82 Å². The highest BCUT2D eigenvalue weighted by Crippen LogP contribution is 2.22. The van der Waals surface area contributed by atoms with Crippen LogP contribution in [0.1, 0.15) is 33.6 Å². The lowest BCUT2D eigenvalue weighted by atomic mass is 9.86. The fourth-order valence-electron chi connectivity index (χ4n) is 2.98. The average molecular weight is 364 g/mol. The first kappa shape index (κ1) is 20.2. The van der Waals surface area contributed by atoms with Crippen molar-refractivity contribution < 1.29 is 14.0 Å². The highest BCUT2D eigenvalue weighted by Gasteiger charge is 2.33. The molecular weight excluding hydrogens is 335 g/mol. The summed E-state index contributed by atoms with van der Waals surface area (Å²) in [5.41, 5.74) is 6.21. The second-order valence-electron chi connectivity index (χ2n) is 7.98. The van der Waals surface area contributed by atoms with Crippen molar-refractivity contribution in [3.8, 4) is 0 Å². The summed E-state index contributed by atoms with van der Waals surface area (Å²) in [6.45, 7) is 7.60. The molecule has 1 aromatic carbocycles. The zero-order valence-corrected chi connectivity index (χ0v) is 15.7. The molecule has 1 aliphatic heterocycles. The van der Waals surface area contributed by atoms with Crippen LogP contribution in [0.15, 0.2) is 24.3 Å². The first-order valence-electron chi connectivity index (χ1n) is 9.01. The minimum absolute atomic E-state index is 0.0357. The normalized spacial score (nSPS) is 19.0. The molecule has 0 aliphatic carbocycles. The molecule has 2 atom stereocenters. The molecular formula is C19H29FN4O2. The van der Waals surface area contributed by atoms with E-state index in [1.165, 1.54) is 18.2 Å². The van der Waals surface area contributed by atoms with Gasteiger partial charge in [-0.15, -0.1) is 0 Å². The Bertz CT molecular complexity index is 645. The number of carbonyl (C=O) groups excluding carboxylic acids is 2. The Labute approximate surface area is 154 Å². The number of amides is 3. The lowest BCUT2D eigenvalue weighted by Crippen LogP contribution is -2.53. The van der Waals surface area contributed by atoms with Crippen molar-refractivity contribution >= 4 is 17.6 Å². The summed E-state index contributed by atoms with van der Waals surface area (Å²) < 4.78 is 13.1. The quantitative estimate of drug-likeness (QED) is 0.767. The molecule has 4 N–H and O–H groups in total. The molecule has 0 aromatic heterocycles. The second kappa shape index (κ2) is 8.49. The number of nitrogens with one attached hydrogen (secondary N) is 2. The van der Waals surface area contributed by atoms with Crippen molar-refractivity contribution in [3.05, 3.63) is 30.1 Å². The Morgan fingerprint density at radius 1 is 1.38 bits per heavy atom. The monoisotopic (exact) mass is 364 g/mol. The smallest absolute Gasteiger partial charge is 0.319 e. The number of hydrogen-bond donors (Lipinski definition) is 3. The SMILES string of the molecule is CC(C)(C)[C@H](N)C(=O)N1CCCC(CNC(=O)Nc2cccc(F)c2)C1. The molecule has 3 amide bonds. The van der Waals surface area contributed by atoms with Crippen LogP contribution in [0.3, 0.4) is 0 Å². The summed E-state index contributed by atoms with van der Waals surface area (Å²) in [6.07, 6.45) is 1.83. The molecule has 6 nitrogen and oxygen atoms in total. The predicted molar refractivity (Wildman–Crippen MR) is 100 cm³/mol. The Hall–Kier alpha value is -2.15. The van der Waals surface area contributed by atoms with Crippen molar-refractivity contribution in [3.63, 3.8) is 0 Å². The van der Waals surface area contributed by atoms with E-state index < -0.39 is 11.9 Å². The predicted octanol–water partition coefficient (Wildman–Crippen LogP) is 2.56. The van der Waals surface area contributed by atoms with Gasteiger partial charge in [-0.05, 0) is 42.4 Å². The Kier molecular flexibility index (Phi) is 6.58. The fraction of sp³-hybridized carbons (Fsp3) is 0.579. The van der Waals surface area contributed by atoms with Crippen LogP contribution < -0.4 is 16.4 Å². The van der Waals surface area contributed by atoms with E-state index in [4.69, 9.17) is 5.73 Å². The van der Waals surface area contributed by atoms with E-state index >= 15 is 0 Å². The number of halogens is 1. The lowest BCUT2D eigenvalue weighted by Gasteiger charge is -2.37. The standard InChI is InChI=1S/C19H29FN4O2/c1-19(2,3)16(21)17(25)24-9-5-6-13(12-24)11-22-18(26)23-15-8-4-7-14(20)10-15/h4,7-8,10,13,16H,5-6,9,11-12,21H2,1-3H3,(H2,22,23,26)/t13?,16-/m1/s1. The van der Waals surface area contributed by atoms with E-state index in [1.807, 2.05) is 20.8 Å². The number of likely N-dealkylation sites (tertiary alicyclic amines) is 1. The van der Waals surface area contributed by atoms with E-state index in [1.54, 1.807) is 11.0 Å². The molecule has 1 aromatic rings. The number of rotatable bonds is 4. The maximum absolute atomic E-state index is 13.1. The van der Waals surface area contributed by atoms with Gasteiger partial charge in [0.25, 0.3) is 0 Å². The van der Waals surface area contributed by atoms with Crippen LogP contribution in [-0.2, 0) is 4.79 Å². The summed E-state index contributed by atoms with van der Waals surface area (Å²) in [7, 11) is 0. The van der Waals surface area contributed by atoms with Crippen molar-refractivity contribution in [1.29, 1.82) is 0 Å². The molecule has 1 unspecified atom stereocenters. The van der Waals surface area contributed by atoms with Gasteiger partial charge >= 0.3 is 6.03 Å². The van der Waals surface area contributed by atoms with Crippen LogP contribution in [0, 0.1) is 17.2 Å². The summed E-state index contributed by atoms with van der Waals surface area (Å²) in [4.78, 5) is 26.3. The zero-order chi connectivity index (χ0) is 19.3. The topological polar surface area (TPSA) is 87.5 Å². The van der Waals surface area contributed by atoms with E-state index in [2.05, 4.69) is 10.6 Å². The van der Waals surface area contributed by atoms with Crippen LogP contribution in [0.2, 0.25) is 0 Å². The lowest BCUT2D eigenvalue weighted by molar-refractivity contribution is -0.136. The molecule has 1 fully saturated rings. The van der Waals surface area contributed by atoms with Gasteiger partial charge in [-0.2, -0.15) is 0 Å². The number of anilines is 1. The van der Waals surface area contributed by atoms with Gasteiger partial charge in [0, 0.05) is 25.3 Å². The van der Waals surface area contributed by atoms with Crippen molar-refractivity contribution in [2.45, 2.75) is 39.7 Å². The van der Waals surface area contributed by atoms with Gasteiger partial charge in [-0.3, -0.25) is 4.79 Å². The van der Waals surface area contributed by atoms with Gasteiger partial charge < -0.3 is 21.3 Å². The summed E-state index contributed by atoms with van der Waals surface area (Å²) >= 11 is 0. The van der Waals surface area contributed by atoms with Crippen LogP contribution in [0.4, 0.5) is 14.9 Å². The molecule has 0 bridgehead atoms. The highest BCUT2D eigenvalue weighted by atomic mass is 19.1. The molecule has 7 heteroatoms. The van der Waals surface area contributed by atoms with Crippen LogP contribution >= 0.6 is 0 Å². The van der Waals surface area contributed by atoms with E-state index in [9.17, 15) is 14.0 Å². The Morgan fingerprint density at radius 3 is 2.77 bits per heavy atom. The second-order valence-corrected chi connectivity index (χ2v) is 7.98. The summed E-state index contributed by atoms with van der Waals surface area (Å²) in [5.74, 6) is -0.260. The van der Waals surface area contributed by atoms with Gasteiger partial charge in [0.2, 0.25) is 5.91 Å². The van der Waals surface area contributed by atoms with Crippen LogP contribution in [-0.4, -0.2) is 42.5 Å². The van der Waals surface area contributed by atoms with Crippen LogP contribution in [0.25, 0.3) is 0 Å². The highest BCUT2D eigenvalue weighted by molar-refractivity contribution is 5.89. The van der Waals surface area contributed by atoms with E-state index in [-0.39, 0.29) is 23.3 Å². The Morgan fingerprint density at radius 2 is 2.12 bits per heavy atom. The molecule has 144 valence electrons. The number of nitrogens with zero attached hydrogens (tertiary/aromatic N) is 1. The minimum Gasteiger partial charge on any atom is -0.341 e. The largest absolute Gasteiger partial charge is 0.341 e. The zero-order valence-electron chi connectivity index (χ0n) is 15.7. The van der Waals surface area contributed by atoms with Gasteiger partial charge in [-0.1, -0.05) is 26.8 Å². The Balaban J connectivity index is 1.82. The van der Waals surface area contributed by atoms with E-state index in [0.29, 0.717) is 25.3 Å². The molecule has 2 rings (SSSR count). The summed E-state index contributed by atoms with van der Waals surface area (Å²) in [6, 6.07) is 4.81. The average Bonchev–Trinajstić information content (AvgIpc) is 2.58. The molecule has 26 heavy (non-hydrogen) atoms. The third kappa shape index (κ3) is 5.69. The number of benzene rings is 1. The van der Waals surface area contributed by atoms with Crippen LogP contribution in [0.5, 0.6) is 0 Å². The molecule has 0 spiro atoms. The molecule has 1 saturated heterocycles. The van der Waals surface area contributed by atoms with E-state index in [0.717, 1.165) is 12.8 Å². The fourth-order valence-corrected chi connectivity index (χ4v) is 2.98. The van der Waals surface area contributed by atoms with Crippen molar-refractivity contribution in [2.75, 3.05) is 25.0 Å². The number of urea groups is 1. The molecule has 1 aliphatic rings. The van der Waals surface area contributed by atoms with Gasteiger partial charge in [0.15, 0.2) is 0 Å². The number of nitrogens with two attached hydrogens (primary N) is 1. The van der Waals surface area contributed by atoms with Gasteiger partial charge in [-0.25, -0.2) is 9.18 Å². The number of hydrogen-bond acceptors (Lipinski definition) is 3. The van der Waals surface area contributed by atoms with Crippen molar-refractivity contribution in [2.24, 2.45) is 17.1 Å². The number of carbonyl (C=O) groups is 2. The third-order valence-corrected chi connectivity index (χ3v) is 4.66. The first-order chi connectivity index (χ1) is 12.2.